The fourth-order valence-electron chi connectivity index (χ4n) is 3.57. The van der Waals surface area contributed by atoms with Gasteiger partial charge in [0.2, 0.25) is 5.89 Å². The maximum atomic E-state index is 5.12. The highest BCUT2D eigenvalue weighted by atomic mass is 16.5. The van der Waals surface area contributed by atoms with E-state index in [1.54, 1.807) is 0 Å². The number of hydrogen-bond acceptors (Lipinski definition) is 5. The largest absolute Gasteiger partial charge is 0.357 e. The second-order valence-electron chi connectivity index (χ2n) is 6.49. The van der Waals surface area contributed by atoms with Crippen molar-refractivity contribution in [2.75, 3.05) is 19.6 Å². The normalized spacial score (nSPS) is 23.6. The number of nitrogens with one attached hydrogen (secondary N) is 2. The zero-order valence-corrected chi connectivity index (χ0v) is 14.2. The summed E-state index contributed by atoms with van der Waals surface area (Å²) in [6.07, 6.45) is 6.72. The maximum absolute atomic E-state index is 5.12. The fourth-order valence-corrected chi connectivity index (χ4v) is 3.57. The van der Waals surface area contributed by atoms with Crippen molar-refractivity contribution in [2.45, 2.75) is 64.6 Å². The molecule has 1 aromatic rings. The van der Waals surface area contributed by atoms with Crippen molar-refractivity contribution < 1.29 is 4.52 Å². The van der Waals surface area contributed by atoms with Gasteiger partial charge in [0.1, 0.15) is 6.54 Å². The van der Waals surface area contributed by atoms with Crippen molar-refractivity contribution >= 4 is 5.96 Å². The van der Waals surface area contributed by atoms with E-state index in [-0.39, 0.29) is 0 Å². The molecular formula is C16H28N6O. The quantitative estimate of drug-likeness (QED) is 0.631. The molecule has 0 aromatic carbocycles. The van der Waals surface area contributed by atoms with Crippen molar-refractivity contribution in [1.29, 1.82) is 0 Å². The molecule has 1 saturated heterocycles. The van der Waals surface area contributed by atoms with Gasteiger partial charge in [-0.2, -0.15) is 4.98 Å². The Labute approximate surface area is 137 Å². The lowest BCUT2D eigenvalue weighted by Gasteiger charge is -2.24. The first-order valence-electron chi connectivity index (χ1n) is 8.82. The second-order valence-corrected chi connectivity index (χ2v) is 6.49. The van der Waals surface area contributed by atoms with Gasteiger partial charge in [-0.1, -0.05) is 18.0 Å². The zero-order valence-electron chi connectivity index (χ0n) is 14.2. The Morgan fingerprint density at radius 3 is 2.87 bits per heavy atom. The van der Waals surface area contributed by atoms with Crippen LogP contribution in [0, 0.1) is 6.92 Å². The Hall–Kier alpha value is -1.63. The third-order valence-electron chi connectivity index (χ3n) is 4.69. The lowest BCUT2D eigenvalue weighted by atomic mass is 10.2. The molecule has 0 amide bonds. The highest BCUT2D eigenvalue weighted by molar-refractivity contribution is 5.80. The van der Waals surface area contributed by atoms with Crippen molar-refractivity contribution in [2.24, 2.45) is 4.99 Å². The molecule has 1 aliphatic heterocycles. The van der Waals surface area contributed by atoms with E-state index < -0.39 is 0 Å². The van der Waals surface area contributed by atoms with Gasteiger partial charge < -0.3 is 15.2 Å². The lowest BCUT2D eigenvalue weighted by Crippen LogP contribution is -2.45. The van der Waals surface area contributed by atoms with Gasteiger partial charge in [0.05, 0.1) is 0 Å². The van der Waals surface area contributed by atoms with Gasteiger partial charge in [0.15, 0.2) is 11.8 Å². The Bertz CT molecular complexity index is 522. The van der Waals surface area contributed by atoms with Crippen LogP contribution in [0.15, 0.2) is 9.52 Å². The average Bonchev–Trinajstić information content (AvgIpc) is 3.26. The van der Waals surface area contributed by atoms with Crippen molar-refractivity contribution in [3.05, 3.63) is 11.7 Å². The Balaban J connectivity index is 1.52. The van der Waals surface area contributed by atoms with Crippen LogP contribution in [-0.4, -0.2) is 52.7 Å². The monoisotopic (exact) mass is 320 g/mol. The first kappa shape index (κ1) is 16.2. The van der Waals surface area contributed by atoms with E-state index in [0.717, 1.165) is 25.1 Å². The summed E-state index contributed by atoms with van der Waals surface area (Å²) in [5.41, 5.74) is 0. The van der Waals surface area contributed by atoms with Gasteiger partial charge in [-0.15, -0.1) is 0 Å². The minimum Gasteiger partial charge on any atom is -0.357 e. The number of aliphatic imine (C=N–C) groups is 1. The molecule has 1 unspecified atom stereocenters. The van der Waals surface area contributed by atoms with E-state index in [9.17, 15) is 0 Å². The van der Waals surface area contributed by atoms with E-state index in [4.69, 9.17) is 4.52 Å². The van der Waals surface area contributed by atoms with Gasteiger partial charge in [-0.3, -0.25) is 4.90 Å². The van der Waals surface area contributed by atoms with E-state index in [0.29, 0.717) is 24.3 Å². The minimum atomic E-state index is 0.412. The fraction of sp³-hybridized carbons (Fsp3) is 0.812. The molecule has 128 valence electrons. The number of hydrogen-bond donors (Lipinski definition) is 2. The molecule has 0 bridgehead atoms. The Kier molecular flexibility index (Phi) is 5.48. The molecule has 23 heavy (non-hydrogen) atoms. The van der Waals surface area contributed by atoms with E-state index in [2.05, 4.69) is 37.6 Å². The van der Waals surface area contributed by atoms with Crippen LogP contribution in [0.3, 0.4) is 0 Å². The molecule has 3 rings (SSSR count). The molecule has 1 saturated carbocycles. The van der Waals surface area contributed by atoms with Crippen molar-refractivity contribution in [3.63, 3.8) is 0 Å². The summed E-state index contributed by atoms with van der Waals surface area (Å²) in [5, 5.41) is 10.7. The number of guanidine groups is 1. The summed E-state index contributed by atoms with van der Waals surface area (Å²) in [7, 11) is 0. The van der Waals surface area contributed by atoms with Crippen molar-refractivity contribution in [3.8, 4) is 0 Å². The predicted molar refractivity (Wildman–Crippen MR) is 89.2 cm³/mol. The summed E-state index contributed by atoms with van der Waals surface area (Å²) in [6.45, 7) is 7.46. The summed E-state index contributed by atoms with van der Waals surface area (Å²) in [6, 6.07) is 1.28. The van der Waals surface area contributed by atoms with E-state index in [1.165, 1.54) is 38.6 Å². The molecule has 0 spiro atoms. The first-order chi connectivity index (χ1) is 11.2. The second kappa shape index (κ2) is 7.77. The van der Waals surface area contributed by atoms with Crippen LogP contribution in [0.1, 0.15) is 50.7 Å². The van der Waals surface area contributed by atoms with E-state index in [1.807, 2.05) is 6.92 Å². The Morgan fingerprint density at radius 1 is 1.35 bits per heavy atom. The van der Waals surface area contributed by atoms with Gasteiger partial charge in [0.25, 0.3) is 0 Å². The minimum absolute atomic E-state index is 0.412. The third kappa shape index (κ3) is 4.43. The highest BCUT2D eigenvalue weighted by Crippen LogP contribution is 2.26. The summed E-state index contributed by atoms with van der Waals surface area (Å²) in [4.78, 5) is 11.4. The van der Waals surface area contributed by atoms with Gasteiger partial charge in [-0.05, 0) is 33.1 Å². The molecular weight excluding hydrogens is 292 g/mol. The molecule has 1 atom stereocenters. The van der Waals surface area contributed by atoms with Crippen LogP contribution in [0.5, 0.6) is 0 Å². The number of nitrogens with zero attached hydrogens (tertiary/aromatic N) is 4. The number of aryl methyl sites for hydroxylation is 1. The standard InChI is InChI=1S/C16H28N6O/c1-3-17-16(18-10-15-19-12(2)21-23-15)20-13-8-9-22(11-13)14-6-4-5-7-14/h13-14H,3-11H2,1-2H3,(H2,17,18,20). The number of likely N-dealkylation sites (tertiary alicyclic amines) is 1. The van der Waals surface area contributed by atoms with Gasteiger partial charge >= 0.3 is 0 Å². The molecule has 1 aromatic heterocycles. The molecule has 2 heterocycles. The van der Waals surface area contributed by atoms with Crippen LogP contribution in [0.2, 0.25) is 0 Å². The van der Waals surface area contributed by atoms with Gasteiger partial charge in [-0.25, -0.2) is 4.99 Å². The molecule has 7 heteroatoms. The van der Waals surface area contributed by atoms with Crippen LogP contribution < -0.4 is 10.6 Å². The summed E-state index contributed by atoms with van der Waals surface area (Å²) in [5.74, 6) is 2.04. The summed E-state index contributed by atoms with van der Waals surface area (Å²) < 4.78 is 5.12. The third-order valence-corrected chi connectivity index (χ3v) is 4.69. The van der Waals surface area contributed by atoms with Gasteiger partial charge in [0, 0.05) is 31.7 Å². The predicted octanol–water partition coefficient (Wildman–Crippen LogP) is 1.45. The summed E-state index contributed by atoms with van der Waals surface area (Å²) >= 11 is 0. The first-order valence-corrected chi connectivity index (χ1v) is 8.82. The van der Waals surface area contributed by atoms with Crippen LogP contribution in [0.25, 0.3) is 0 Å². The topological polar surface area (TPSA) is 78.6 Å². The number of aromatic nitrogens is 2. The molecule has 2 aliphatic rings. The number of rotatable bonds is 5. The highest BCUT2D eigenvalue weighted by Gasteiger charge is 2.30. The van der Waals surface area contributed by atoms with Crippen LogP contribution in [-0.2, 0) is 6.54 Å². The van der Waals surface area contributed by atoms with E-state index >= 15 is 0 Å². The average molecular weight is 320 g/mol. The molecule has 1 aliphatic carbocycles. The SMILES string of the molecule is CCNC(=NCc1nc(C)no1)NC1CCN(C2CCCC2)C1. The van der Waals surface area contributed by atoms with Crippen molar-refractivity contribution in [1.82, 2.24) is 25.7 Å². The molecule has 2 N–H and O–H groups in total. The maximum Gasteiger partial charge on any atom is 0.248 e. The smallest absolute Gasteiger partial charge is 0.248 e. The lowest BCUT2D eigenvalue weighted by molar-refractivity contribution is 0.242. The Morgan fingerprint density at radius 2 is 2.17 bits per heavy atom. The molecule has 7 nitrogen and oxygen atoms in total. The zero-order chi connectivity index (χ0) is 16.1. The van der Waals surface area contributed by atoms with Crippen LogP contribution >= 0.6 is 0 Å². The molecule has 0 radical (unpaired) electrons. The van der Waals surface area contributed by atoms with Crippen LogP contribution in [0.4, 0.5) is 0 Å². The molecule has 2 fully saturated rings.